The average molecular weight is 195 g/mol. The van der Waals surface area contributed by atoms with Crippen LogP contribution in [0.25, 0.3) is 0 Å². The van der Waals surface area contributed by atoms with Gasteiger partial charge in [-0.3, -0.25) is 0 Å². The Morgan fingerprint density at radius 3 is 2.29 bits per heavy atom. The van der Waals surface area contributed by atoms with Crippen LogP contribution >= 0.6 is 0 Å². The molecule has 0 aliphatic heterocycles. The van der Waals surface area contributed by atoms with Gasteiger partial charge in [-0.1, -0.05) is 39.0 Å². The topological polar surface area (TPSA) is 26.0 Å². The summed E-state index contributed by atoms with van der Waals surface area (Å²) in [5.41, 5.74) is 6.39. The zero-order chi connectivity index (χ0) is 9.97. The molecule has 2 aliphatic rings. The van der Waals surface area contributed by atoms with E-state index in [1.54, 1.807) is 0 Å². The molecule has 0 saturated heterocycles. The van der Waals surface area contributed by atoms with Crippen LogP contribution in [0.1, 0.15) is 58.3 Å². The monoisotopic (exact) mass is 195 g/mol. The van der Waals surface area contributed by atoms with Gasteiger partial charge < -0.3 is 5.73 Å². The zero-order valence-corrected chi connectivity index (χ0v) is 9.54. The highest BCUT2D eigenvalue weighted by Gasteiger charge is 2.42. The second-order valence-electron chi connectivity index (χ2n) is 5.40. The molecule has 1 heteroatoms. The van der Waals surface area contributed by atoms with Gasteiger partial charge in [0.1, 0.15) is 0 Å². The van der Waals surface area contributed by atoms with Gasteiger partial charge in [0.15, 0.2) is 0 Å². The van der Waals surface area contributed by atoms with Crippen molar-refractivity contribution in [2.75, 3.05) is 0 Å². The summed E-state index contributed by atoms with van der Waals surface area (Å²) in [6, 6.07) is 0.540. The predicted molar refractivity (Wildman–Crippen MR) is 61.1 cm³/mol. The first kappa shape index (κ1) is 10.5. The molecule has 0 heterocycles. The molecule has 0 aromatic heterocycles. The standard InChI is InChI=1S/C13H25N/c1-2-10-9-12(10)13(14)11-7-5-3-4-6-8-11/h10-13H,2-9,14H2,1H3/t10-,12-,13?/m1/s1. The van der Waals surface area contributed by atoms with E-state index in [-0.39, 0.29) is 0 Å². The van der Waals surface area contributed by atoms with E-state index in [1.807, 2.05) is 0 Å². The summed E-state index contributed by atoms with van der Waals surface area (Å²) in [7, 11) is 0. The smallest absolute Gasteiger partial charge is 0.00983 e. The van der Waals surface area contributed by atoms with Gasteiger partial charge in [0.05, 0.1) is 0 Å². The zero-order valence-electron chi connectivity index (χ0n) is 9.54. The molecule has 0 spiro atoms. The summed E-state index contributed by atoms with van der Waals surface area (Å²) in [6.45, 7) is 2.31. The molecule has 3 atom stereocenters. The average Bonchev–Trinajstić information content (AvgIpc) is 3.01. The van der Waals surface area contributed by atoms with Gasteiger partial charge in [-0.25, -0.2) is 0 Å². The highest BCUT2D eigenvalue weighted by atomic mass is 14.7. The molecule has 2 rings (SSSR count). The number of hydrogen-bond donors (Lipinski definition) is 1. The quantitative estimate of drug-likeness (QED) is 0.687. The predicted octanol–water partition coefficient (Wildman–Crippen LogP) is 3.33. The van der Waals surface area contributed by atoms with Crippen molar-refractivity contribution in [2.24, 2.45) is 23.5 Å². The molecule has 82 valence electrons. The van der Waals surface area contributed by atoms with Gasteiger partial charge >= 0.3 is 0 Å². The fourth-order valence-electron chi connectivity index (χ4n) is 3.26. The number of rotatable bonds is 3. The Kier molecular flexibility index (Phi) is 3.48. The Balaban J connectivity index is 1.81. The molecule has 2 N–H and O–H groups in total. The second-order valence-corrected chi connectivity index (χ2v) is 5.40. The van der Waals surface area contributed by atoms with Crippen LogP contribution in [0.4, 0.5) is 0 Å². The third-order valence-corrected chi connectivity index (χ3v) is 4.44. The molecule has 0 bridgehead atoms. The van der Waals surface area contributed by atoms with E-state index in [0.29, 0.717) is 6.04 Å². The Morgan fingerprint density at radius 2 is 1.79 bits per heavy atom. The molecular formula is C13H25N. The van der Waals surface area contributed by atoms with Gasteiger partial charge in [0, 0.05) is 6.04 Å². The summed E-state index contributed by atoms with van der Waals surface area (Å²) >= 11 is 0. The van der Waals surface area contributed by atoms with Crippen LogP contribution in [-0.4, -0.2) is 6.04 Å². The fourth-order valence-corrected chi connectivity index (χ4v) is 3.26. The van der Waals surface area contributed by atoms with E-state index in [9.17, 15) is 0 Å². The lowest BCUT2D eigenvalue weighted by Crippen LogP contribution is -2.32. The fraction of sp³-hybridized carbons (Fsp3) is 1.00. The van der Waals surface area contributed by atoms with Crippen molar-refractivity contribution in [3.8, 4) is 0 Å². The maximum atomic E-state index is 6.39. The van der Waals surface area contributed by atoms with E-state index in [2.05, 4.69) is 6.92 Å². The highest BCUT2D eigenvalue weighted by molar-refractivity contribution is 4.95. The van der Waals surface area contributed by atoms with Gasteiger partial charge in [-0.05, 0) is 37.0 Å². The Morgan fingerprint density at radius 1 is 1.14 bits per heavy atom. The molecule has 0 aromatic rings. The summed E-state index contributed by atoms with van der Waals surface area (Å²) in [6.07, 6.45) is 11.4. The minimum atomic E-state index is 0.540. The van der Waals surface area contributed by atoms with Crippen molar-refractivity contribution < 1.29 is 0 Å². The van der Waals surface area contributed by atoms with Crippen molar-refractivity contribution in [3.63, 3.8) is 0 Å². The normalized spacial score (nSPS) is 36.4. The van der Waals surface area contributed by atoms with Gasteiger partial charge in [-0.2, -0.15) is 0 Å². The van der Waals surface area contributed by atoms with Crippen LogP contribution in [0.5, 0.6) is 0 Å². The molecule has 0 aromatic carbocycles. The van der Waals surface area contributed by atoms with Crippen LogP contribution in [0.2, 0.25) is 0 Å². The Labute approximate surface area is 88.4 Å². The molecule has 2 aliphatic carbocycles. The van der Waals surface area contributed by atoms with Crippen molar-refractivity contribution >= 4 is 0 Å². The van der Waals surface area contributed by atoms with Gasteiger partial charge in [-0.15, -0.1) is 0 Å². The summed E-state index contributed by atoms with van der Waals surface area (Å²) in [4.78, 5) is 0. The van der Waals surface area contributed by atoms with Crippen molar-refractivity contribution in [2.45, 2.75) is 64.3 Å². The molecule has 2 saturated carbocycles. The van der Waals surface area contributed by atoms with Crippen LogP contribution in [0.3, 0.4) is 0 Å². The Bertz CT molecular complexity index is 170. The first-order chi connectivity index (χ1) is 6.83. The lowest BCUT2D eigenvalue weighted by Gasteiger charge is -2.22. The maximum Gasteiger partial charge on any atom is 0.00983 e. The molecule has 14 heavy (non-hydrogen) atoms. The van der Waals surface area contributed by atoms with E-state index in [1.165, 1.54) is 51.4 Å². The van der Waals surface area contributed by atoms with E-state index in [4.69, 9.17) is 5.73 Å². The third-order valence-electron chi connectivity index (χ3n) is 4.44. The van der Waals surface area contributed by atoms with Gasteiger partial charge in [0.25, 0.3) is 0 Å². The second kappa shape index (κ2) is 4.65. The summed E-state index contributed by atoms with van der Waals surface area (Å²) < 4.78 is 0. The van der Waals surface area contributed by atoms with Crippen LogP contribution in [0.15, 0.2) is 0 Å². The van der Waals surface area contributed by atoms with Crippen LogP contribution in [0, 0.1) is 17.8 Å². The molecular weight excluding hydrogens is 170 g/mol. The van der Waals surface area contributed by atoms with E-state index in [0.717, 1.165) is 17.8 Å². The van der Waals surface area contributed by atoms with Crippen LogP contribution < -0.4 is 5.73 Å². The third kappa shape index (κ3) is 2.31. The highest BCUT2D eigenvalue weighted by Crippen LogP contribution is 2.46. The lowest BCUT2D eigenvalue weighted by atomic mass is 9.88. The largest absolute Gasteiger partial charge is 0.327 e. The number of nitrogens with two attached hydrogens (primary N) is 1. The van der Waals surface area contributed by atoms with Crippen molar-refractivity contribution in [1.82, 2.24) is 0 Å². The van der Waals surface area contributed by atoms with E-state index < -0.39 is 0 Å². The first-order valence-corrected chi connectivity index (χ1v) is 6.58. The molecule has 1 nitrogen and oxygen atoms in total. The number of hydrogen-bond acceptors (Lipinski definition) is 1. The van der Waals surface area contributed by atoms with Crippen molar-refractivity contribution in [1.29, 1.82) is 0 Å². The van der Waals surface area contributed by atoms with Crippen LogP contribution in [-0.2, 0) is 0 Å². The lowest BCUT2D eigenvalue weighted by molar-refractivity contribution is 0.334. The van der Waals surface area contributed by atoms with Gasteiger partial charge in [0.2, 0.25) is 0 Å². The minimum Gasteiger partial charge on any atom is -0.327 e. The molecule has 0 radical (unpaired) electrons. The maximum absolute atomic E-state index is 6.39. The summed E-state index contributed by atoms with van der Waals surface area (Å²) in [5, 5.41) is 0. The van der Waals surface area contributed by atoms with E-state index >= 15 is 0 Å². The van der Waals surface area contributed by atoms with Crippen molar-refractivity contribution in [3.05, 3.63) is 0 Å². The SMILES string of the molecule is CC[C@@H]1C[C@H]1C(N)C1CCCCCC1. The molecule has 1 unspecified atom stereocenters. The minimum absolute atomic E-state index is 0.540. The first-order valence-electron chi connectivity index (χ1n) is 6.58. The molecule has 2 fully saturated rings. The summed E-state index contributed by atoms with van der Waals surface area (Å²) in [5.74, 6) is 2.73. The Hall–Kier alpha value is -0.0400. The molecule has 0 amide bonds.